The van der Waals surface area contributed by atoms with E-state index in [-0.39, 0.29) is 0 Å². The van der Waals surface area contributed by atoms with E-state index < -0.39 is 0 Å². The molecule has 5 N–H and O–H groups in total. The van der Waals surface area contributed by atoms with Crippen LogP contribution in [0.4, 0.5) is 11.5 Å². The summed E-state index contributed by atoms with van der Waals surface area (Å²) in [6.45, 7) is 1.41. The molecule has 140 valence electrons. The van der Waals surface area contributed by atoms with Crippen LogP contribution in [-0.2, 0) is 0 Å². The highest BCUT2D eigenvalue weighted by Gasteiger charge is 2.11. The first kappa shape index (κ1) is 17.9. The molecule has 0 fully saturated rings. The second-order valence-corrected chi connectivity index (χ2v) is 6.66. The second kappa shape index (κ2) is 8.06. The normalized spacial score (nSPS) is 10.9. The summed E-state index contributed by atoms with van der Waals surface area (Å²) in [6, 6.07) is 22.1. The van der Waals surface area contributed by atoms with Gasteiger partial charge in [-0.2, -0.15) is 0 Å². The van der Waals surface area contributed by atoms with Gasteiger partial charge in [0.2, 0.25) is 0 Å². The van der Waals surface area contributed by atoms with E-state index >= 15 is 0 Å². The standard InChI is InChI=1S/C23H23N5/c24-11-5-13-27-23-18-8-4-12-26-22(18)15-21(28-23)17-9-10-20(25)19(14-17)16-6-2-1-3-7-16/h1-4,6-10,12,14-15H,5,11,13,24-25H2,(H,27,28). The Bertz CT molecular complexity index is 1090. The molecule has 0 saturated heterocycles. The molecule has 0 unspecified atom stereocenters. The van der Waals surface area contributed by atoms with Gasteiger partial charge in [-0.05, 0) is 48.9 Å². The minimum Gasteiger partial charge on any atom is -0.398 e. The van der Waals surface area contributed by atoms with E-state index in [4.69, 9.17) is 16.5 Å². The third-order valence-electron chi connectivity index (χ3n) is 4.71. The largest absolute Gasteiger partial charge is 0.398 e. The van der Waals surface area contributed by atoms with Crippen molar-refractivity contribution >= 4 is 22.4 Å². The summed E-state index contributed by atoms with van der Waals surface area (Å²) >= 11 is 0. The van der Waals surface area contributed by atoms with Crippen molar-refractivity contribution in [3.63, 3.8) is 0 Å². The predicted octanol–water partition coefficient (Wildman–Crippen LogP) is 4.31. The summed E-state index contributed by atoms with van der Waals surface area (Å²) in [5, 5.41) is 4.40. The number of anilines is 2. The number of fused-ring (bicyclic) bond motifs is 1. The molecule has 2 aromatic heterocycles. The molecule has 0 radical (unpaired) electrons. The maximum absolute atomic E-state index is 6.24. The van der Waals surface area contributed by atoms with Crippen molar-refractivity contribution < 1.29 is 0 Å². The molecule has 28 heavy (non-hydrogen) atoms. The van der Waals surface area contributed by atoms with Gasteiger partial charge < -0.3 is 16.8 Å². The van der Waals surface area contributed by atoms with E-state index in [1.165, 1.54) is 0 Å². The minimum absolute atomic E-state index is 0.640. The molecule has 0 saturated carbocycles. The van der Waals surface area contributed by atoms with Crippen molar-refractivity contribution in [1.82, 2.24) is 9.97 Å². The number of nitrogens with zero attached hydrogens (tertiary/aromatic N) is 2. The van der Waals surface area contributed by atoms with Crippen LogP contribution in [0.5, 0.6) is 0 Å². The van der Waals surface area contributed by atoms with Crippen molar-refractivity contribution in [3.8, 4) is 22.4 Å². The van der Waals surface area contributed by atoms with E-state index in [0.29, 0.717) is 6.54 Å². The number of hydrogen-bond donors (Lipinski definition) is 3. The molecule has 0 bridgehead atoms. The summed E-state index contributed by atoms with van der Waals surface area (Å²) in [7, 11) is 0. The van der Waals surface area contributed by atoms with Gasteiger partial charge in [-0.15, -0.1) is 0 Å². The SMILES string of the molecule is NCCCNc1nc(-c2ccc(N)c(-c3ccccc3)c2)cc2ncccc12. The zero-order valence-electron chi connectivity index (χ0n) is 15.6. The van der Waals surface area contributed by atoms with Gasteiger partial charge in [0.1, 0.15) is 5.82 Å². The Hall–Kier alpha value is -3.44. The van der Waals surface area contributed by atoms with Crippen LogP contribution >= 0.6 is 0 Å². The number of aromatic nitrogens is 2. The average molecular weight is 369 g/mol. The number of nitrogens with one attached hydrogen (secondary N) is 1. The minimum atomic E-state index is 0.640. The summed E-state index contributed by atoms with van der Waals surface area (Å²) in [6.07, 6.45) is 2.68. The third kappa shape index (κ3) is 3.66. The molecule has 4 rings (SSSR count). The quantitative estimate of drug-likeness (QED) is 0.348. The van der Waals surface area contributed by atoms with E-state index in [0.717, 1.165) is 57.8 Å². The fraction of sp³-hybridized carbons (Fsp3) is 0.130. The molecular formula is C23H23N5. The van der Waals surface area contributed by atoms with Crippen LogP contribution in [0.2, 0.25) is 0 Å². The van der Waals surface area contributed by atoms with Gasteiger partial charge in [-0.1, -0.05) is 36.4 Å². The molecule has 0 spiro atoms. The lowest BCUT2D eigenvalue weighted by Crippen LogP contribution is -2.10. The van der Waals surface area contributed by atoms with E-state index in [9.17, 15) is 0 Å². The van der Waals surface area contributed by atoms with Crippen LogP contribution in [0.1, 0.15) is 6.42 Å². The Kier molecular flexibility index (Phi) is 5.17. The van der Waals surface area contributed by atoms with Crippen LogP contribution in [-0.4, -0.2) is 23.1 Å². The first-order valence-corrected chi connectivity index (χ1v) is 9.41. The molecule has 2 heterocycles. The first-order chi connectivity index (χ1) is 13.8. The van der Waals surface area contributed by atoms with Gasteiger partial charge in [0.25, 0.3) is 0 Å². The lowest BCUT2D eigenvalue weighted by atomic mass is 9.99. The van der Waals surface area contributed by atoms with Gasteiger partial charge in [0.05, 0.1) is 11.2 Å². The number of pyridine rings is 2. The maximum atomic E-state index is 6.24. The first-order valence-electron chi connectivity index (χ1n) is 9.41. The van der Waals surface area contributed by atoms with Crippen molar-refractivity contribution in [2.24, 2.45) is 5.73 Å². The molecule has 0 amide bonds. The fourth-order valence-electron chi connectivity index (χ4n) is 3.25. The van der Waals surface area contributed by atoms with Crippen LogP contribution in [0.15, 0.2) is 72.9 Å². The van der Waals surface area contributed by atoms with Crippen LogP contribution < -0.4 is 16.8 Å². The monoisotopic (exact) mass is 369 g/mol. The Morgan fingerprint density at radius 1 is 0.893 bits per heavy atom. The van der Waals surface area contributed by atoms with Crippen LogP contribution in [0.25, 0.3) is 33.3 Å². The number of hydrogen-bond acceptors (Lipinski definition) is 5. The number of nitrogen functional groups attached to an aromatic ring is 1. The van der Waals surface area contributed by atoms with Gasteiger partial charge in [0, 0.05) is 34.9 Å². The van der Waals surface area contributed by atoms with Gasteiger partial charge in [0.15, 0.2) is 0 Å². The predicted molar refractivity (Wildman–Crippen MR) is 117 cm³/mol. The lowest BCUT2D eigenvalue weighted by Gasteiger charge is -2.13. The Morgan fingerprint density at radius 3 is 2.57 bits per heavy atom. The van der Waals surface area contributed by atoms with Crippen molar-refractivity contribution in [1.29, 1.82) is 0 Å². The number of benzene rings is 2. The number of rotatable bonds is 6. The molecule has 0 atom stereocenters. The maximum Gasteiger partial charge on any atom is 0.136 e. The molecule has 0 aliphatic rings. The van der Waals surface area contributed by atoms with Crippen LogP contribution in [0, 0.1) is 0 Å². The highest BCUT2D eigenvalue weighted by atomic mass is 15.0. The average Bonchev–Trinajstić information content (AvgIpc) is 2.74. The molecule has 0 aliphatic heterocycles. The Labute approximate surface area is 164 Å². The van der Waals surface area contributed by atoms with E-state index in [1.54, 1.807) is 6.20 Å². The van der Waals surface area contributed by atoms with Gasteiger partial charge >= 0.3 is 0 Å². The Balaban J connectivity index is 1.81. The topological polar surface area (TPSA) is 89.8 Å². The highest BCUT2D eigenvalue weighted by molar-refractivity contribution is 5.92. The summed E-state index contributed by atoms with van der Waals surface area (Å²) in [5.74, 6) is 0.826. The van der Waals surface area contributed by atoms with Gasteiger partial charge in [-0.3, -0.25) is 4.98 Å². The summed E-state index contributed by atoms with van der Waals surface area (Å²) < 4.78 is 0. The van der Waals surface area contributed by atoms with Crippen molar-refractivity contribution in [2.45, 2.75) is 6.42 Å². The molecule has 5 nitrogen and oxygen atoms in total. The van der Waals surface area contributed by atoms with Crippen LogP contribution in [0.3, 0.4) is 0 Å². The number of nitrogens with two attached hydrogens (primary N) is 2. The molecule has 5 heteroatoms. The smallest absolute Gasteiger partial charge is 0.136 e. The molecule has 0 aliphatic carbocycles. The van der Waals surface area contributed by atoms with Gasteiger partial charge in [-0.25, -0.2) is 4.98 Å². The zero-order valence-corrected chi connectivity index (χ0v) is 15.6. The summed E-state index contributed by atoms with van der Waals surface area (Å²) in [5.41, 5.74) is 17.5. The lowest BCUT2D eigenvalue weighted by molar-refractivity contribution is 0.871. The molecule has 2 aromatic carbocycles. The Morgan fingerprint density at radius 2 is 1.75 bits per heavy atom. The third-order valence-corrected chi connectivity index (χ3v) is 4.71. The second-order valence-electron chi connectivity index (χ2n) is 6.66. The van der Waals surface area contributed by atoms with Crippen molar-refractivity contribution in [3.05, 3.63) is 72.9 Å². The zero-order chi connectivity index (χ0) is 19.3. The van der Waals surface area contributed by atoms with Crippen molar-refractivity contribution in [2.75, 3.05) is 24.1 Å². The molecule has 4 aromatic rings. The van der Waals surface area contributed by atoms with E-state index in [1.807, 2.05) is 48.5 Å². The van der Waals surface area contributed by atoms with E-state index in [2.05, 4.69) is 28.5 Å². The fourth-order valence-corrected chi connectivity index (χ4v) is 3.25. The summed E-state index contributed by atoms with van der Waals surface area (Å²) in [4.78, 5) is 9.40. The highest BCUT2D eigenvalue weighted by Crippen LogP contribution is 2.32. The molecular weight excluding hydrogens is 346 g/mol.